The van der Waals surface area contributed by atoms with E-state index in [1.54, 1.807) is 20.8 Å². The molecule has 0 unspecified atom stereocenters. The summed E-state index contributed by atoms with van der Waals surface area (Å²) >= 11 is 0. The lowest BCUT2D eigenvalue weighted by Crippen LogP contribution is -2.03. The smallest absolute Gasteiger partial charge is 0.241 e. The van der Waals surface area contributed by atoms with Crippen LogP contribution >= 0.6 is 0 Å². The molecule has 0 aliphatic carbocycles. The number of aromatic nitrogens is 3. The number of hydrogen-bond acceptors (Lipinski definition) is 6. The van der Waals surface area contributed by atoms with Crippen molar-refractivity contribution in [1.29, 1.82) is 0 Å². The molecule has 11 heteroatoms. The zero-order valence-corrected chi connectivity index (χ0v) is 20.4. The molecule has 2 aromatic heterocycles. The van der Waals surface area contributed by atoms with Crippen LogP contribution < -0.4 is 18.9 Å². The summed E-state index contributed by atoms with van der Waals surface area (Å²) < 4.78 is 79.9. The van der Waals surface area contributed by atoms with Gasteiger partial charge in [-0.25, -0.2) is 9.50 Å². The number of hydrogen-bond donors (Lipinski definition) is 0. The van der Waals surface area contributed by atoms with Crippen LogP contribution in [0.1, 0.15) is 33.4 Å². The lowest BCUT2D eigenvalue weighted by Gasteiger charge is -2.13. The summed E-state index contributed by atoms with van der Waals surface area (Å²) in [5, 5.41) is 4.18. The minimum absolute atomic E-state index is 0.0626. The number of nitrogens with zero attached hydrogens (tertiary/aromatic N) is 3. The van der Waals surface area contributed by atoms with Crippen molar-refractivity contribution in [3.63, 3.8) is 0 Å². The van der Waals surface area contributed by atoms with Gasteiger partial charge in [-0.3, -0.25) is 0 Å². The van der Waals surface area contributed by atoms with E-state index >= 15 is 0 Å². The Labute approximate surface area is 205 Å². The summed E-state index contributed by atoms with van der Waals surface area (Å²) in [6, 6.07) is 6.01. The van der Waals surface area contributed by atoms with Gasteiger partial charge in [-0.15, -0.1) is 5.10 Å². The number of fused-ring (bicyclic) bond motifs is 1. The fourth-order valence-corrected chi connectivity index (χ4v) is 3.11. The van der Waals surface area contributed by atoms with E-state index in [1.165, 1.54) is 41.0 Å². The molecule has 4 rings (SSSR count). The number of ether oxygens (including phenoxy) is 4. The zero-order chi connectivity index (χ0) is 26.4. The normalized spacial score (nSPS) is 10.6. The predicted octanol–water partition coefficient (Wildman–Crippen LogP) is 7.00. The molecule has 0 saturated carbocycles. The van der Waals surface area contributed by atoms with Crippen molar-refractivity contribution in [3.05, 3.63) is 65.5 Å². The Balaban J connectivity index is 0.00000176. The summed E-state index contributed by atoms with van der Waals surface area (Å²) in [5.41, 5.74) is 0.707. The average Bonchev–Trinajstić information content (AvgIpc) is 3.25. The Hall–Kier alpha value is -4.02. The van der Waals surface area contributed by atoms with Crippen molar-refractivity contribution < 1.29 is 36.5 Å². The third-order valence-corrected chi connectivity index (χ3v) is 4.64. The van der Waals surface area contributed by atoms with Crippen LogP contribution in [-0.4, -0.2) is 27.8 Å². The van der Waals surface area contributed by atoms with E-state index < -0.39 is 34.8 Å². The molecule has 0 aliphatic rings. The van der Waals surface area contributed by atoms with Crippen molar-refractivity contribution >= 4 is 5.65 Å². The van der Waals surface area contributed by atoms with Gasteiger partial charge in [-0.05, 0) is 45.0 Å². The van der Waals surface area contributed by atoms with Gasteiger partial charge in [0.2, 0.25) is 29.1 Å². The highest BCUT2D eigenvalue weighted by Gasteiger charge is 2.21. The summed E-state index contributed by atoms with van der Waals surface area (Å²) in [7, 11) is 0. The van der Waals surface area contributed by atoms with Crippen molar-refractivity contribution in [2.24, 2.45) is 0 Å². The van der Waals surface area contributed by atoms with Crippen molar-refractivity contribution in [3.8, 4) is 34.6 Å². The van der Waals surface area contributed by atoms with E-state index in [1.807, 2.05) is 13.8 Å². The maximum atomic E-state index is 14.6. The SMILES string of the molecule is CC.CCOc1ccc(Oc2cc(Oc3ccc(OCC)c(F)c3F)c3ncc(C)n3n2)c(F)c1F. The third kappa shape index (κ3) is 5.29. The van der Waals surface area contributed by atoms with E-state index in [-0.39, 0.29) is 42.0 Å². The van der Waals surface area contributed by atoms with Crippen LogP contribution in [0.15, 0.2) is 36.5 Å². The van der Waals surface area contributed by atoms with Gasteiger partial charge in [0, 0.05) is 6.07 Å². The molecule has 0 bridgehead atoms. The fraction of sp³-hybridized carbons (Fsp3) is 0.280. The quantitative estimate of drug-likeness (QED) is 0.239. The third-order valence-electron chi connectivity index (χ3n) is 4.64. The van der Waals surface area contributed by atoms with Crippen LogP contribution in [0.5, 0.6) is 34.6 Å². The molecule has 0 N–H and O–H groups in total. The number of rotatable bonds is 8. The van der Waals surface area contributed by atoms with Crippen LogP contribution in [0.2, 0.25) is 0 Å². The van der Waals surface area contributed by atoms with Gasteiger partial charge >= 0.3 is 0 Å². The second-order valence-corrected chi connectivity index (χ2v) is 6.93. The molecule has 0 aliphatic heterocycles. The van der Waals surface area contributed by atoms with Crippen LogP contribution in [-0.2, 0) is 0 Å². The lowest BCUT2D eigenvalue weighted by molar-refractivity contribution is 0.308. The highest BCUT2D eigenvalue weighted by molar-refractivity contribution is 5.57. The molecule has 2 heterocycles. The van der Waals surface area contributed by atoms with Gasteiger partial charge in [0.15, 0.2) is 34.4 Å². The first-order valence-electron chi connectivity index (χ1n) is 11.3. The Bertz CT molecular complexity index is 1360. The maximum absolute atomic E-state index is 14.6. The molecule has 0 saturated heterocycles. The van der Waals surface area contributed by atoms with Gasteiger partial charge in [0.05, 0.1) is 25.1 Å². The predicted molar refractivity (Wildman–Crippen MR) is 124 cm³/mol. The minimum atomic E-state index is -1.28. The number of benzene rings is 2. The second kappa shape index (κ2) is 11.6. The van der Waals surface area contributed by atoms with Crippen LogP contribution in [0.25, 0.3) is 5.65 Å². The molecule has 0 spiro atoms. The van der Waals surface area contributed by atoms with E-state index in [0.29, 0.717) is 5.69 Å². The molecule has 7 nitrogen and oxygen atoms in total. The second-order valence-electron chi connectivity index (χ2n) is 6.93. The first-order chi connectivity index (χ1) is 17.3. The largest absolute Gasteiger partial charge is 0.491 e. The zero-order valence-electron chi connectivity index (χ0n) is 20.4. The summed E-state index contributed by atoms with van der Waals surface area (Å²) in [4.78, 5) is 4.15. The Kier molecular flexibility index (Phi) is 8.57. The van der Waals surface area contributed by atoms with E-state index in [4.69, 9.17) is 18.9 Å². The monoisotopic (exact) mass is 507 g/mol. The molecule has 0 amide bonds. The first-order valence-corrected chi connectivity index (χ1v) is 11.3. The number of halogens is 4. The molecule has 4 aromatic rings. The Morgan fingerprint density at radius 2 is 1.19 bits per heavy atom. The van der Waals surface area contributed by atoms with Gasteiger partial charge < -0.3 is 18.9 Å². The summed E-state index contributed by atoms with van der Waals surface area (Å²) in [5.74, 6) is -6.70. The molecule has 36 heavy (non-hydrogen) atoms. The van der Waals surface area contributed by atoms with Gasteiger partial charge in [0.1, 0.15) is 0 Å². The summed E-state index contributed by atoms with van der Waals surface area (Å²) in [6.45, 7) is 9.25. The van der Waals surface area contributed by atoms with Crippen LogP contribution in [0.3, 0.4) is 0 Å². The first kappa shape index (κ1) is 26.6. The van der Waals surface area contributed by atoms with Crippen LogP contribution in [0, 0.1) is 30.2 Å². The van der Waals surface area contributed by atoms with Gasteiger partial charge in [-0.1, -0.05) is 13.8 Å². The molecule has 192 valence electrons. The van der Waals surface area contributed by atoms with Crippen LogP contribution in [0.4, 0.5) is 17.6 Å². The Morgan fingerprint density at radius 3 is 1.72 bits per heavy atom. The van der Waals surface area contributed by atoms with Gasteiger partial charge in [-0.2, -0.15) is 17.6 Å². The topological polar surface area (TPSA) is 67.1 Å². The van der Waals surface area contributed by atoms with Crippen molar-refractivity contribution in [1.82, 2.24) is 14.6 Å². The highest BCUT2D eigenvalue weighted by Crippen LogP contribution is 2.36. The van der Waals surface area contributed by atoms with E-state index in [2.05, 4.69) is 10.1 Å². The number of imidazole rings is 1. The average molecular weight is 507 g/mol. The molecule has 0 atom stereocenters. The van der Waals surface area contributed by atoms with Crippen molar-refractivity contribution in [2.75, 3.05) is 13.2 Å². The molecule has 0 radical (unpaired) electrons. The highest BCUT2D eigenvalue weighted by atomic mass is 19.2. The molecule has 0 fully saturated rings. The molecule has 2 aromatic carbocycles. The lowest BCUT2D eigenvalue weighted by atomic mass is 10.3. The maximum Gasteiger partial charge on any atom is 0.241 e. The fourth-order valence-electron chi connectivity index (χ4n) is 3.11. The molecular formula is C25H25F4N3O4. The van der Waals surface area contributed by atoms with Gasteiger partial charge in [0.25, 0.3) is 0 Å². The standard InChI is InChI=1S/C23H19F4N3O4.C2H6/c1-4-31-13-6-8-15(21(26)19(13)24)33-17-10-18(29-30-12(3)11-28-23(17)30)34-16-9-7-14(32-5-2)20(25)22(16)27;1-2/h6-11H,4-5H2,1-3H3;1-2H3. The Morgan fingerprint density at radius 1 is 0.722 bits per heavy atom. The minimum Gasteiger partial charge on any atom is -0.491 e. The van der Waals surface area contributed by atoms with E-state index in [0.717, 1.165) is 0 Å². The van der Waals surface area contributed by atoms with E-state index in [9.17, 15) is 17.6 Å². The van der Waals surface area contributed by atoms with Crippen molar-refractivity contribution in [2.45, 2.75) is 34.6 Å². The number of aryl methyl sites for hydroxylation is 1. The molecular weight excluding hydrogens is 482 g/mol. The summed E-state index contributed by atoms with van der Waals surface area (Å²) in [6.07, 6.45) is 1.46.